The van der Waals surface area contributed by atoms with Crippen molar-refractivity contribution in [3.05, 3.63) is 50.7 Å². The number of benzene rings is 1. The van der Waals surface area contributed by atoms with Gasteiger partial charge in [-0.2, -0.15) is 0 Å². The van der Waals surface area contributed by atoms with Crippen LogP contribution in [0.5, 0.6) is 5.75 Å². The van der Waals surface area contributed by atoms with Gasteiger partial charge in [0, 0.05) is 4.88 Å². The van der Waals surface area contributed by atoms with E-state index in [1.807, 2.05) is 19.1 Å². The van der Waals surface area contributed by atoms with Crippen molar-refractivity contribution in [3.8, 4) is 5.75 Å². The molecule has 1 atom stereocenters. The SMILES string of the molecule is COc1ccc(C)cc1C(=O)NNC(=O)c1cc2c(s1)CC[C@H](C)C2. The molecule has 1 aliphatic carbocycles. The third-order valence-electron chi connectivity index (χ3n) is 4.44. The van der Waals surface area contributed by atoms with E-state index in [1.165, 1.54) is 35.3 Å². The van der Waals surface area contributed by atoms with Crippen molar-refractivity contribution in [2.24, 2.45) is 5.92 Å². The molecule has 25 heavy (non-hydrogen) atoms. The maximum atomic E-state index is 12.4. The number of hydrazine groups is 1. The molecule has 0 bridgehead atoms. The number of fused-ring (bicyclic) bond motifs is 1. The molecular weight excluding hydrogens is 336 g/mol. The summed E-state index contributed by atoms with van der Waals surface area (Å²) in [6, 6.07) is 7.28. The summed E-state index contributed by atoms with van der Waals surface area (Å²) in [4.78, 5) is 26.6. The molecule has 0 fully saturated rings. The molecule has 5 nitrogen and oxygen atoms in total. The molecule has 0 aliphatic heterocycles. The number of thiophene rings is 1. The van der Waals surface area contributed by atoms with Crippen LogP contribution in [0.2, 0.25) is 0 Å². The minimum absolute atomic E-state index is 0.285. The number of aryl methyl sites for hydroxylation is 2. The van der Waals surface area contributed by atoms with Gasteiger partial charge in [0.05, 0.1) is 17.6 Å². The summed E-state index contributed by atoms with van der Waals surface area (Å²) < 4.78 is 5.21. The standard InChI is InChI=1S/C19H22N2O3S/c1-11-5-7-16-13(8-11)10-17(25-16)19(23)21-20-18(22)14-9-12(2)4-6-15(14)24-3/h4,6,9-11H,5,7-8H2,1-3H3,(H,20,22)(H,21,23)/t11-/m0/s1. The molecule has 2 aromatic rings. The molecule has 0 spiro atoms. The van der Waals surface area contributed by atoms with E-state index in [2.05, 4.69) is 17.8 Å². The monoisotopic (exact) mass is 358 g/mol. The first kappa shape index (κ1) is 17.5. The third kappa shape index (κ3) is 3.85. The highest BCUT2D eigenvalue weighted by Crippen LogP contribution is 2.32. The fourth-order valence-electron chi connectivity index (χ4n) is 3.06. The predicted octanol–water partition coefficient (Wildman–Crippen LogP) is 3.26. The second kappa shape index (κ2) is 7.27. The van der Waals surface area contributed by atoms with Gasteiger partial charge in [0.15, 0.2) is 0 Å². The quantitative estimate of drug-likeness (QED) is 0.828. The predicted molar refractivity (Wildman–Crippen MR) is 98.2 cm³/mol. The van der Waals surface area contributed by atoms with Gasteiger partial charge in [-0.3, -0.25) is 20.4 Å². The third-order valence-corrected chi connectivity index (χ3v) is 5.68. The van der Waals surface area contributed by atoms with Crippen LogP contribution in [0.3, 0.4) is 0 Å². The summed E-state index contributed by atoms with van der Waals surface area (Å²) in [5.74, 6) is 0.445. The molecule has 1 aromatic carbocycles. The average molecular weight is 358 g/mol. The number of carbonyl (C=O) groups is 2. The van der Waals surface area contributed by atoms with Crippen LogP contribution in [0, 0.1) is 12.8 Å². The van der Waals surface area contributed by atoms with E-state index in [0.717, 1.165) is 18.4 Å². The van der Waals surface area contributed by atoms with Crippen LogP contribution < -0.4 is 15.6 Å². The summed E-state index contributed by atoms with van der Waals surface area (Å²) in [6.07, 6.45) is 3.21. The van der Waals surface area contributed by atoms with Gasteiger partial charge >= 0.3 is 0 Å². The number of hydrogen-bond acceptors (Lipinski definition) is 4. The highest BCUT2D eigenvalue weighted by atomic mass is 32.1. The first-order valence-corrected chi connectivity index (χ1v) is 9.16. The van der Waals surface area contributed by atoms with Gasteiger partial charge in [-0.05, 0) is 55.9 Å². The van der Waals surface area contributed by atoms with Gasteiger partial charge in [0.2, 0.25) is 0 Å². The highest BCUT2D eigenvalue weighted by Gasteiger charge is 2.21. The Morgan fingerprint density at radius 1 is 1.20 bits per heavy atom. The fraction of sp³-hybridized carbons (Fsp3) is 0.368. The average Bonchev–Trinajstić information content (AvgIpc) is 3.02. The lowest BCUT2D eigenvalue weighted by Crippen LogP contribution is -2.41. The largest absolute Gasteiger partial charge is 0.496 e. The van der Waals surface area contributed by atoms with Gasteiger partial charge in [-0.15, -0.1) is 11.3 Å². The van der Waals surface area contributed by atoms with Gasteiger partial charge in [0.25, 0.3) is 11.8 Å². The van der Waals surface area contributed by atoms with Crippen molar-refractivity contribution >= 4 is 23.2 Å². The molecule has 1 aromatic heterocycles. The van der Waals surface area contributed by atoms with Crippen LogP contribution in [0.4, 0.5) is 0 Å². The van der Waals surface area contributed by atoms with E-state index in [-0.39, 0.29) is 5.91 Å². The molecule has 2 N–H and O–H groups in total. The first-order chi connectivity index (χ1) is 12.0. The van der Waals surface area contributed by atoms with E-state index in [1.54, 1.807) is 12.1 Å². The minimum atomic E-state index is -0.399. The lowest BCUT2D eigenvalue weighted by molar-refractivity contribution is 0.0847. The normalized spacial score (nSPS) is 16.0. The minimum Gasteiger partial charge on any atom is -0.496 e. The van der Waals surface area contributed by atoms with Crippen LogP contribution in [0.15, 0.2) is 24.3 Å². The van der Waals surface area contributed by atoms with Gasteiger partial charge in [-0.25, -0.2) is 0 Å². The van der Waals surface area contributed by atoms with Crippen LogP contribution in [-0.4, -0.2) is 18.9 Å². The van der Waals surface area contributed by atoms with Crippen molar-refractivity contribution in [3.63, 3.8) is 0 Å². The van der Waals surface area contributed by atoms with Gasteiger partial charge in [-0.1, -0.05) is 18.6 Å². The van der Waals surface area contributed by atoms with E-state index in [4.69, 9.17) is 4.74 Å². The smallest absolute Gasteiger partial charge is 0.279 e. The van der Waals surface area contributed by atoms with Crippen LogP contribution in [0.25, 0.3) is 0 Å². The molecule has 1 aliphatic rings. The zero-order valence-electron chi connectivity index (χ0n) is 14.6. The number of nitrogens with one attached hydrogen (secondary N) is 2. The highest BCUT2D eigenvalue weighted by molar-refractivity contribution is 7.14. The fourth-order valence-corrected chi connectivity index (χ4v) is 4.16. The summed E-state index contributed by atoms with van der Waals surface area (Å²) in [7, 11) is 1.51. The van der Waals surface area contributed by atoms with Gasteiger partial charge < -0.3 is 4.74 Å². The molecule has 0 unspecified atom stereocenters. The Morgan fingerprint density at radius 2 is 1.96 bits per heavy atom. The van der Waals surface area contributed by atoms with Crippen LogP contribution in [-0.2, 0) is 12.8 Å². The molecule has 0 saturated carbocycles. The Balaban J connectivity index is 1.66. The van der Waals surface area contributed by atoms with E-state index in [0.29, 0.717) is 22.1 Å². The van der Waals surface area contributed by atoms with E-state index >= 15 is 0 Å². The summed E-state index contributed by atoms with van der Waals surface area (Å²) in [6.45, 7) is 4.13. The Labute approximate surface area is 151 Å². The maximum absolute atomic E-state index is 12.4. The molecule has 0 saturated heterocycles. The number of ether oxygens (including phenoxy) is 1. The summed E-state index contributed by atoms with van der Waals surface area (Å²) in [5, 5.41) is 0. The summed E-state index contributed by atoms with van der Waals surface area (Å²) in [5.41, 5.74) is 7.58. The van der Waals surface area contributed by atoms with Crippen LogP contribution >= 0.6 is 11.3 Å². The number of hydrogen-bond donors (Lipinski definition) is 2. The maximum Gasteiger partial charge on any atom is 0.279 e. The summed E-state index contributed by atoms with van der Waals surface area (Å²) >= 11 is 1.52. The molecule has 0 radical (unpaired) electrons. The first-order valence-electron chi connectivity index (χ1n) is 8.35. The van der Waals surface area contributed by atoms with E-state index < -0.39 is 5.91 Å². The number of rotatable bonds is 3. The Morgan fingerprint density at radius 3 is 2.72 bits per heavy atom. The molecule has 132 valence electrons. The Kier molecular flexibility index (Phi) is 5.08. The topological polar surface area (TPSA) is 67.4 Å². The number of amides is 2. The second-order valence-corrected chi connectivity index (χ2v) is 7.66. The zero-order chi connectivity index (χ0) is 18.0. The zero-order valence-corrected chi connectivity index (χ0v) is 15.5. The number of carbonyl (C=O) groups excluding carboxylic acids is 2. The number of methoxy groups -OCH3 is 1. The van der Waals surface area contributed by atoms with Gasteiger partial charge in [0.1, 0.15) is 5.75 Å². The van der Waals surface area contributed by atoms with Crippen molar-refractivity contribution in [1.29, 1.82) is 0 Å². The lowest BCUT2D eigenvalue weighted by atomic mass is 9.90. The lowest BCUT2D eigenvalue weighted by Gasteiger charge is -2.16. The molecular formula is C19H22N2O3S. The van der Waals surface area contributed by atoms with Crippen molar-refractivity contribution in [1.82, 2.24) is 10.9 Å². The molecule has 2 amide bonds. The van der Waals surface area contributed by atoms with Crippen molar-refractivity contribution in [2.45, 2.75) is 33.1 Å². The molecule has 6 heteroatoms. The van der Waals surface area contributed by atoms with Crippen molar-refractivity contribution in [2.75, 3.05) is 7.11 Å². The Hall–Kier alpha value is -2.34. The van der Waals surface area contributed by atoms with Crippen LogP contribution in [0.1, 0.15) is 49.4 Å². The Bertz CT molecular complexity index is 813. The van der Waals surface area contributed by atoms with E-state index in [9.17, 15) is 9.59 Å². The molecule has 3 rings (SSSR count). The second-order valence-electron chi connectivity index (χ2n) is 6.52. The molecule has 1 heterocycles. The van der Waals surface area contributed by atoms with Crippen molar-refractivity contribution < 1.29 is 14.3 Å².